The maximum atomic E-state index is 12.8. The monoisotopic (exact) mass is 440 g/mol. The summed E-state index contributed by atoms with van der Waals surface area (Å²) in [4.78, 5) is 0. The van der Waals surface area contributed by atoms with Gasteiger partial charge in [-0.3, -0.25) is 13.6 Å². The molecule has 29 heavy (non-hydrogen) atoms. The van der Waals surface area contributed by atoms with E-state index in [2.05, 4.69) is 20.8 Å². The Bertz CT molecular complexity index is 317. The van der Waals surface area contributed by atoms with Crippen molar-refractivity contribution in [2.24, 2.45) is 0 Å². The van der Waals surface area contributed by atoms with Crippen LogP contribution in [0.3, 0.4) is 0 Å². The minimum absolute atomic E-state index is 0.281. The van der Waals surface area contributed by atoms with E-state index in [-0.39, 0.29) is 19.8 Å². The molecule has 0 radical (unpaired) electrons. The number of rotatable bonds is 24. The molecule has 0 aromatic rings. The van der Waals surface area contributed by atoms with Crippen LogP contribution in [0, 0.1) is 0 Å². The minimum atomic E-state index is -3.57. The number of ether oxygens (including phenoxy) is 3. The van der Waals surface area contributed by atoms with Crippen molar-refractivity contribution in [3.05, 3.63) is 0 Å². The molecule has 0 rings (SSSR count). The van der Waals surface area contributed by atoms with E-state index in [1.807, 2.05) is 0 Å². The Labute approximate surface area is 178 Å². The SMILES string of the molecule is CCCCOCCCOP(=O)(OCCCOCCCC)OCCCOCCCC. The van der Waals surface area contributed by atoms with Crippen LogP contribution in [-0.4, -0.2) is 59.5 Å². The van der Waals surface area contributed by atoms with Gasteiger partial charge in [-0.15, -0.1) is 0 Å². The van der Waals surface area contributed by atoms with Gasteiger partial charge >= 0.3 is 7.82 Å². The second-order valence-electron chi connectivity index (χ2n) is 6.91. The van der Waals surface area contributed by atoms with Crippen molar-refractivity contribution in [2.45, 2.75) is 78.6 Å². The van der Waals surface area contributed by atoms with Crippen molar-refractivity contribution in [1.29, 1.82) is 0 Å². The Balaban J connectivity index is 4.05. The fourth-order valence-electron chi connectivity index (χ4n) is 2.17. The summed E-state index contributed by atoms with van der Waals surface area (Å²) >= 11 is 0. The van der Waals surface area contributed by atoms with Gasteiger partial charge in [-0.2, -0.15) is 0 Å². The fraction of sp³-hybridized carbons (Fsp3) is 1.00. The van der Waals surface area contributed by atoms with Gasteiger partial charge in [-0.1, -0.05) is 40.0 Å². The molecule has 0 unspecified atom stereocenters. The smallest absolute Gasteiger partial charge is 0.381 e. The average molecular weight is 441 g/mol. The Morgan fingerprint density at radius 2 is 0.724 bits per heavy atom. The molecular formula is C21H45O7P. The Hall–Kier alpha value is -0.0100. The Morgan fingerprint density at radius 3 is 1.00 bits per heavy atom. The normalized spacial score (nSPS) is 12.0. The predicted molar refractivity (Wildman–Crippen MR) is 116 cm³/mol. The summed E-state index contributed by atoms with van der Waals surface area (Å²) in [6.45, 7) is 11.2. The van der Waals surface area contributed by atoms with E-state index in [9.17, 15) is 4.57 Å². The number of hydrogen-bond acceptors (Lipinski definition) is 7. The lowest BCUT2D eigenvalue weighted by molar-refractivity contribution is 0.0698. The van der Waals surface area contributed by atoms with E-state index in [0.717, 1.165) is 58.3 Å². The molecule has 0 aromatic heterocycles. The van der Waals surface area contributed by atoms with Crippen molar-refractivity contribution in [2.75, 3.05) is 59.5 Å². The van der Waals surface area contributed by atoms with Crippen LogP contribution in [0.25, 0.3) is 0 Å². The average Bonchev–Trinajstić information content (AvgIpc) is 2.72. The highest BCUT2D eigenvalue weighted by molar-refractivity contribution is 7.48. The molecule has 0 aliphatic carbocycles. The summed E-state index contributed by atoms with van der Waals surface area (Å²) in [5, 5.41) is 0. The predicted octanol–water partition coefficient (Wildman–Crippen LogP) is 5.76. The zero-order valence-corrected chi connectivity index (χ0v) is 19.9. The second-order valence-corrected chi connectivity index (χ2v) is 8.57. The summed E-state index contributed by atoms with van der Waals surface area (Å²) in [5.74, 6) is 0. The molecule has 0 bridgehead atoms. The maximum Gasteiger partial charge on any atom is 0.474 e. The number of hydrogen-bond donors (Lipinski definition) is 0. The molecule has 0 amide bonds. The Kier molecular flexibility index (Phi) is 22.7. The van der Waals surface area contributed by atoms with E-state index in [0.29, 0.717) is 39.1 Å². The zero-order chi connectivity index (χ0) is 21.5. The van der Waals surface area contributed by atoms with Crippen LogP contribution in [-0.2, 0) is 32.3 Å². The summed E-state index contributed by atoms with van der Waals surface area (Å²) in [6, 6.07) is 0. The van der Waals surface area contributed by atoms with E-state index in [4.69, 9.17) is 27.8 Å². The minimum Gasteiger partial charge on any atom is -0.381 e. The first-order chi connectivity index (χ1) is 14.2. The highest BCUT2D eigenvalue weighted by Gasteiger charge is 2.26. The molecule has 0 fully saturated rings. The van der Waals surface area contributed by atoms with Gasteiger partial charge in [0.25, 0.3) is 0 Å². The summed E-state index contributed by atoms with van der Waals surface area (Å²) < 4.78 is 45.7. The van der Waals surface area contributed by atoms with Gasteiger partial charge in [-0.25, -0.2) is 4.57 Å². The van der Waals surface area contributed by atoms with E-state index >= 15 is 0 Å². The topological polar surface area (TPSA) is 72.5 Å². The van der Waals surface area contributed by atoms with Crippen molar-refractivity contribution in [3.63, 3.8) is 0 Å². The van der Waals surface area contributed by atoms with Crippen molar-refractivity contribution >= 4 is 7.82 Å². The fourth-order valence-corrected chi connectivity index (χ4v) is 3.45. The lowest BCUT2D eigenvalue weighted by atomic mass is 10.4. The molecule has 0 atom stereocenters. The van der Waals surface area contributed by atoms with Crippen LogP contribution in [0.5, 0.6) is 0 Å². The van der Waals surface area contributed by atoms with Gasteiger partial charge in [0.1, 0.15) is 0 Å². The first kappa shape index (κ1) is 29.0. The van der Waals surface area contributed by atoms with Crippen LogP contribution in [0.2, 0.25) is 0 Å². The van der Waals surface area contributed by atoms with Crippen LogP contribution in [0.15, 0.2) is 0 Å². The summed E-state index contributed by atoms with van der Waals surface area (Å²) in [5.41, 5.74) is 0. The molecule has 8 heteroatoms. The van der Waals surface area contributed by atoms with Crippen molar-refractivity contribution in [1.82, 2.24) is 0 Å². The molecule has 0 saturated heterocycles. The van der Waals surface area contributed by atoms with Gasteiger partial charge in [0, 0.05) is 39.6 Å². The molecule has 0 saturated carbocycles. The van der Waals surface area contributed by atoms with Crippen LogP contribution >= 0.6 is 7.82 Å². The number of phosphoric acid groups is 1. The summed E-state index contributed by atoms with van der Waals surface area (Å²) in [7, 11) is -3.57. The van der Waals surface area contributed by atoms with Gasteiger partial charge in [0.2, 0.25) is 0 Å². The van der Waals surface area contributed by atoms with Crippen LogP contribution in [0.1, 0.15) is 78.6 Å². The number of unbranched alkanes of at least 4 members (excludes halogenated alkanes) is 3. The molecule has 176 valence electrons. The third-order valence-corrected chi connectivity index (χ3v) is 5.47. The van der Waals surface area contributed by atoms with Crippen LogP contribution in [0.4, 0.5) is 0 Å². The molecule has 0 spiro atoms. The first-order valence-corrected chi connectivity index (χ1v) is 12.9. The van der Waals surface area contributed by atoms with E-state index in [1.54, 1.807) is 0 Å². The highest BCUT2D eigenvalue weighted by Crippen LogP contribution is 2.49. The van der Waals surface area contributed by atoms with Crippen LogP contribution < -0.4 is 0 Å². The number of phosphoric ester groups is 1. The third kappa shape index (κ3) is 21.0. The first-order valence-electron chi connectivity index (χ1n) is 11.4. The quantitative estimate of drug-likeness (QED) is 0.139. The van der Waals surface area contributed by atoms with Gasteiger partial charge in [0.05, 0.1) is 19.8 Å². The molecular weight excluding hydrogens is 395 g/mol. The summed E-state index contributed by atoms with van der Waals surface area (Å²) in [6.07, 6.45) is 8.43. The molecule has 0 N–H and O–H groups in total. The lowest BCUT2D eigenvalue weighted by Crippen LogP contribution is -2.08. The zero-order valence-electron chi connectivity index (χ0n) is 19.0. The van der Waals surface area contributed by atoms with Gasteiger partial charge < -0.3 is 14.2 Å². The second kappa shape index (κ2) is 22.7. The molecule has 7 nitrogen and oxygen atoms in total. The van der Waals surface area contributed by atoms with E-state index < -0.39 is 7.82 Å². The lowest BCUT2D eigenvalue weighted by Gasteiger charge is -2.18. The van der Waals surface area contributed by atoms with Crippen molar-refractivity contribution in [3.8, 4) is 0 Å². The third-order valence-electron chi connectivity index (χ3n) is 3.97. The van der Waals surface area contributed by atoms with Gasteiger partial charge in [-0.05, 0) is 38.5 Å². The highest BCUT2D eigenvalue weighted by atomic mass is 31.2. The standard InChI is InChI=1S/C21H45O7P/c1-4-7-13-23-16-10-19-26-29(22,27-20-11-17-24-14-8-5-2)28-21-12-18-25-15-9-6-3/h4-21H2,1-3H3. The Morgan fingerprint density at radius 1 is 0.448 bits per heavy atom. The molecule has 0 aliphatic rings. The molecule has 0 aliphatic heterocycles. The van der Waals surface area contributed by atoms with E-state index in [1.165, 1.54) is 0 Å². The molecule has 0 aromatic carbocycles. The largest absolute Gasteiger partial charge is 0.474 e. The van der Waals surface area contributed by atoms with Gasteiger partial charge in [0.15, 0.2) is 0 Å². The molecule has 0 heterocycles. The maximum absolute atomic E-state index is 12.8. The van der Waals surface area contributed by atoms with Crippen molar-refractivity contribution < 1.29 is 32.3 Å².